The third-order valence-corrected chi connectivity index (χ3v) is 2.65. The topological polar surface area (TPSA) is 80.0 Å². The summed E-state index contributed by atoms with van der Waals surface area (Å²) in [6.07, 6.45) is 3.25. The molecule has 2 rings (SSSR count). The van der Waals surface area contributed by atoms with E-state index in [4.69, 9.17) is 16.0 Å². The lowest BCUT2D eigenvalue weighted by molar-refractivity contribution is 0.0935. The number of nitrogens with one attached hydrogen (secondary N) is 2. The number of carbonyl (C=O) groups is 1. The molecule has 0 aromatic carbocycles. The van der Waals surface area contributed by atoms with E-state index >= 15 is 0 Å². The molecule has 94 valence electrons. The van der Waals surface area contributed by atoms with Gasteiger partial charge in [0.05, 0.1) is 6.26 Å². The largest absolute Gasteiger partial charge is 0.459 e. The highest BCUT2D eigenvalue weighted by Crippen LogP contribution is 2.16. The second-order valence-electron chi connectivity index (χ2n) is 3.12. The van der Waals surface area contributed by atoms with Crippen molar-refractivity contribution in [2.24, 2.45) is 0 Å². The molecule has 0 aliphatic heterocycles. The molecule has 0 spiro atoms. The maximum atomic E-state index is 11.6. The fourth-order valence-corrected chi connectivity index (χ4v) is 1.76. The van der Waals surface area contributed by atoms with E-state index in [9.17, 15) is 4.79 Å². The average Bonchev–Trinajstić information content (AvgIpc) is 2.89. The second kappa shape index (κ2) is 5.74. The summed E-state index contributed by atoms with van der Waals surface area (Å²) in [6.45, 7) is 0. The molecule has 0 aliphatic carbocycles. The zero-order chi connectivity index (χ0) is 13.0. The Morgan fingerprint density at radius 2 is 2.33 bits per heavy atom. The van der Waals surface area contributed by atoms with E-state index in [1.54, 1.807) is 12.1 Å². The fourth-order valence-electron chi connectivity index (χ4n) is 1.14. The lowest BCUT2D eigenvalue weighted by Gasteiger charge is -2.07. The van der Waals surface area contributed by atoms with E-state index in [-0.39, 0.29) is 5.76 Å². The lowest BCUT2D eigenvalue weighted by atomic mass is 10.4. The first-order chi connectivity index (χ1) is 8.69. The monoisotopic (exact) mass is 284 g/mol. The van der Waals surface area contributed by atoms with E-state index in [1.165, 1.54) is 24.1 Å². The number of hydrazine groups is 1. The third-order valence-electron chi connectivity index (χ3n) is 1.91. The van der Waals surface area contributed by atoms with Crippen molar-refractivity contribution in [1.82, 2.24) is 15.4 Å². The summed E-state index contributed by atoms with van der Waals surface area (Å²) in [4.78, 5) is 19.7. The summed E-state index contributed by atoms with van der Waals surface area (Å²) in [5.41, 5.74) is 5.08. The quantitative estimate of drug-likeness (QED) is 0.388. The minimum Gasteiger partial charge on any atom is -0.459 e. The van der Waals surface area contributed by atoms with Gasteiger partial charge >= 0.3 is 5.91 Å². The van der Waals surface area contributed by atoms with Crippen LogP contribution in [0.5, 0.6) is 0 Å². The van der Waals surface area contributed by atoms with Gasteiger partial charge in [0.2, 0.25) is 0 Å². The lowest BCUT2D eigenvalue weighted by Crippen LogP contribution is -2.29. The van der Waals surface area contributed by atoms with Gasteiger partial charge in [-0.2, -0.15) is 0 Å². The molecule has 2 aromatic heterocycles. The number of amides is 1. The molecule has 0 fully saturated rings. The molecule has 8 heteroatoms. The summed E-state index contributed by atoms with van der Waals surface area (Å²) in [7, 11) is 0. The Kier molecular flexibility index (Phi) is 4.06. The molecule has 0 aliphatic rings. The SMILES string of the molecule is CSc1nc(Cl)cc(NNC(=O)c2ccco2)n1. The Hall–Kier alpha value is -1.73. The molecule has 6 nitrogen and oxygen atoms in total. The molecule has 0 atom stereocenters. The normalized spacial score (nSPS) is 10.1. The van der Waals surface area contributed by atoms with Crippen LogP contribution in [0.25, 0.3) is 0 Å². The highest BCUT2D eigenvalue weighted by molar-refractivity contribution is 7.98. The zero-order valence-electron chi connectivity index (χ0n) is 9.31. The van der Waals surface area contributed by atoms with E-state index < -0.39 is 5.91 Å². The Morgan fingerprint density at radius 3 is 3.00 bits per heavy atom. The Bertz CT molecular complexity index is 547. The molecule has 0 saturated carbocycles. The number of halogens is 1. The van der Waals surface area contributed by atoms with Crippen molar-refractivity contribution in [2.75, 3.05) is 11.7 Å². The van der Waals surface area contributed by atoms with Gasteiger partial charge in [-0.1, -0.05) is 23.4 Å². The standard InChI is InChI=1S/C10H9ClN4O2S/c1-18-10-12-7(11)5-8(13-10)14-15-9(16)6-3-2-4-17-6/h2-5H,1H3,(H,15,16)(H,12,13,14). The minimum atomic E-state index is -0.402. The maximum absolute atomic E-state index is 11.6. The van der Waals surface area contributed by atoms with Crippen LogP contribution >= 0.6 is 23.4 Å². The molecule has 0 bridgehead atoms. The zero-order valence-corrected chi connectivity index (χ0v) is 10.9. The van der Waals surface area contributed by atoms with Crippen LogP contribution in [0.4, 0.5) is 5.82 Å². The first-order valence-corrected chi connectivity index (χ1v) is 6.48. The summed E-state index contributed by atoms with van der Waals surface area (Å²) in [5.74, 6) is 0.201. The summed E-state index contributed by atoms with van der Waals surface area (Å²) in [6, 6.07) is 4.68. The van der Waals surface area contributed by atoms with Crippen LogP contribution in [0.2, 0.25) is 5.15 Å². The molecular weight excluding hydrogens is 276 g/mol. The van der Waals surface area contributed by atoms with Crippen molar-refractivity contribution in [3.8, 4) is 0 Å². The highest BCUT2D eigenvalue weighted by atomic mass is 35.5. The molecule has 2 heterocycles. The molecule has 0 radical (unpaired) electrons. The molecule has 2 N–H and O–H groups in total. The van der Waals surface area contributed by atoms with Gasteiger partial charge < -0.3 is 4.42 Å². The van der Waals surface area contributed by atoms with Crippen LogP contribution in [-0.2, 0) is 0 Å². The first-order valence-electron chi connectivity index (χ1n) is 4.87. The average molecular weight is 285 g/mol. The molecule has 0 saturated heterocycles. The first kappa shape index (κ1) is 12.7. The van der Waals surface area contributed by atoms with E-state index in [2.05, 4.69) is 20.8 Å². The van der Waals surface area contributed by atoms with Crippen LogP contribution in [0.3, 0.4) is 0 Å². The van der Waals surface area contributed by atoms with Crippen LogP contribution in [0, 0.1) is 0 Å². The number of nitrogens with zero attached hydrogens (tertiary/aromatic N) is 2. The minimum absolute atomic E-state index is 0.202. The van der Waals surface area contributed by atoms with Gasteiger partial charge in [-0.05, 0) is 18.4 Å². The van der Waals surface area contributed by atoms with Crippen molar-refractivity contribution in [1.29, 1.82) is 0 Å². The number of hydrogen-bond donors (Lipinski definition) is 2. The number of rotatable bonds is 4. The van der Waals surface area contributed by atoms with E-state index in [0.29, 0.717) is 16.1 Å². The fraction of sp³-hybridized carbons (Fsp3) is 0.100. The predicted molar refractivity (Wildman–Crippen MR) is 68.6 cm³/mol. The Balaban J connectivity index is 2.02. The summed E-state index contributed by atoms with van der Waals surface area (Å²) in [5, 5.41) is 0.807. The Labute approximate surface area is 112 Å². The predicted octanol–water partition coefficient (Wildman–Crippen LogP) is 2.20. The molecule has 1 amide bonds. The maximum Gasteiger partial charge on any atom is 0.305 e. The van der Waals surface area contributed by atoms with Gasteiger partial charge in [-0.15, -0.1) is 0 Å². The molecular formula is C10H9ClN4O2S. The number of thioether (sulfide) groups is 1. The highest BCUT2D eigenvalue weighted by Gasteiger charge is 2.08. The van der Waals surface area contributed by atoms with Crippen molar-refractivity contribution >= 4 is 35.1 Å². The van der Waals surface area contributed by atoms with Crippen LogP contribution in [-0.4, -0.2) is 22.1 Å². The third kappa shape index (κ3) is 3.14. The van der Waals surface area contributed by atoms with Gasteiger partial charge in [0.15, 0.2) is 16.7 Å². The van der Waals surface area contributed by atoms with Crippen molar-refractivity contribution < 1.29 is 9.21 Å². The van der Waals surface area contributed by atoms with Crippen LogP contribution < -0.4 is 10.9 Å². The number of aromatic nitrogens is 2. The number of hydrogen-bond acceptors (Lipinski definition) is 6. The molecule has 18 heavy (non-hydrogen) atoms. The smallest absolute Gasteiger partial charge is 0.305 e. The molecule has 2 aromatic rings. The van der Waals surface area contributed by atoms with E-state index in [1.807, 2.05) is 6.26 Å². The van der Waals surface area contributed by atoms with Gasteiger partial charge in [-0.25, -0.2) is 9.97 Å². The van der Waals surface area contributed by atoms with E-state index in [0.717, 1.165) is 0 Å². The van der Waals surface area contributed by atoms with Gasteiger partial charge in [0.1, 0.15) is 5.15 Å². The summed E-state index contributed by atoms with van der Waals surface area (Å²) < 4.78 is 4.94. The van der Waals surface area contributed by atoms with Crippen LogP contribution in [0.1, 0.15) is 10.6 Å². The number of carbonyl (C=O) groups excluding carboxylic acids is 1. The van der Waals surface area contributed by atoms with Gasteiger partial charge in [-0.3, -0.25) is 15.6 Å². The van der Waals surface area contributed by atoms with Gasteiger partial charge in [0.25, 0.3) is 0 Å². The molecule has 0 unspecified atom stereocenters. The number of anilines is 1. The van der Waals surface area contributed by atoms with Gasteiger partial charge in [0, 0.05) is 6.07 Å². The van der Waals surface area contributed by atoms with Crippen LogP contribution in [0.15, 0.2) is 34.0 Å². The van der Waals surface area contributed by atoms with Crippen molar-refractivity contribution in [3.63, 3.8) is 0 Å². The van der Waals surface area contributed by atoms with Crippen molar-refractivity contribution in [2.45, 2.75) is 5.16 Å². The summed E-state index contributed by atoms with van der Waals surface area (Å²) >= 11 is 7.16. The Morgan fingerprint density at radius 1 is 1.50 bits per heavy atom. The number of furan rings is 1. The van der Waals surface area contributed by atoms with Crippen molar-refractivity contribution in [3.05, 3.63) is 35.4 Å². The second-order valence-corrected chi connectivity index (χ2v) is 4.28.